The molecule has 1 aliphatic rings. The van der Waals surface area contributed by atoms with Gasteiger partial charge in [0.15, 0.2) is 5.69 Å². The molecule has 1 aliphatic heterocycles. The van der Waals surface area contributed by atoms with Crippen LogP contribution < -0.4 is 4.90 Å². The molecule has 2 aromatic rings. The second-order valence-electron chi connectivity index (χ2n) is 5.77. The monoisotopic (exact) mass is 264 g/mol. The number of rotatable bonds is 1. The molecule has 1 aromatic heterocycles. The fourth-order valence-corrected chi connectivity index (χ4v) is 2.87. The first kappa shape index (κ1) is 12.6. The minimum atomic E-state index is 0.0547. The van der Waals surface area contributed by atoms with Crippen molar-refractivity contribution in [2.45, 2.75) is 25.8 Å². The lowest BCUT2D eigenvalue weighted by Gasteiger charge is -2.40. The van der Waals surface area contributed by atoms with E-state index in [1.54, 1.807) is 6.20 Å². The highest BCUT2D eigenvalue weighted by molar-refractivity contribution is 5.47. The van der Waals surface area contributed by atoms with Crippen LogP contribution in [0, 0.1) is 11.3 Å². The van der Waals surface area contributed by atoms with E-state index in [-0.39, 0.29) is 5.41 Å². The molecule has 0 aliphatic carbocycles. The third-order valence-corrected chi connectivity index (χ3v) is 3.75. The first-order valence-corrected chi connectivity index (χ1v) is 6.66. The van der Waals surface area contributed by atoms with E-state index in [9.17, 15) is 0 Å². The second-order valence-corrected chi connectivity index (χ2v) is 5.77. The summed E-state index contributed by atoms with van der Waals surface area (Å²) >= 11 is 0. The van der Waals surface area contributed by atoms with Gasteiger partial charge in [0.2, 0.25) is 0 Å². The smallest absolute Gasteiger partial charge is 0.161 e. The molecule has 0 saturated heterocycles. The van der Waals surface area contributed by atoms with E-state index in [0.29, 0.717) is 5.69 Å². The summed E-state index contributed by atoms with van der Waals surface area (Å²) in [6.45, 7) is 6.15. The first-order valence-electron chi connectivity index (χ1n) is 6.66. The van der Waals surface area contributed by atoms with E-state index in [1.165, 1.54) is 17.3 Å². The lowest BCUT2D eigenvalue weighted by Crippen LogP contribution is -2.42. The lowest BCUT2D eigenvalue weighted by molar-refractivity contribution is 0.474. The molecule has 0 spiro atoms. The number of nitriles is 1. The van der Waals surface area contributed by atoms with E-state index in [2.05, 4.69) is 53.0 Å². The summed E-state index contributed by atoms with van der Waals surface area (Å²) in [5.74, 6) is 0.770. The van der Waals surface area contributed by atoms with Crippen molar-refractivity contribution in [3.63, 3.8) is 0 Å². The van der Waals surface area contributed by atoms with Gasteiger partial charge in [-0.1, -0.05) is 38.1 Å². The Morgan fingerprint density at radius 1 is 1.25 bits per heavy atom. The van der Waals surface area contributed by atoms with Crippen molar-refractivity contribution in [1.82, 2.24) is 9.97 Å². The Labute approximate surface area is 118 Å². The van der Waals surface area contributed by atoms with Gasteiger partial charge in [-0.3, -0.25) is 4.98 Å². The van der Waals surface area contributed by atoms with Gasteiger partial charge in [0.25, 0.3) is 0 Å². The number of hydrogen-bond donors (Lipinski definition) is 0. The molecule has 20 heavy (non-hydrogen) atoms. The van der Waals surface area contributed by atoms with Crippen LogP contribution in [-0.2, 0) is 12.0 Å². The maximum Gasteiger partial charge on any atom is 0.161 e. The molecule has 4 heteroatoms. The van der Waals surface area contributed by atoms with E-state index >= 15 is 0 Å². The Morgan fingerprint density at radius 3 is 2.85 bits per heavy atom. The molecule has 1 aromatic carbocycles. The molecule has 3 rings (SSSR count). The van der Waals surface area contributed by atoms with Gasteiger partial charge in [-0.25, -0.2) is 4.98 Å². The van der Waals surface area contributed by atoms with Crippen LogP contribution in [0.5, 0.6) is 0 Å². The quantitative estimate of drug-likeness (QED) is 0.794. The average molecular weight is 264 g/mol. The van der Waals surface area contributed by atoms with Gasteiger partial charge < -0.3 is 4.90 Å². The fraction of sp³-hybridized carbons (Fsp3) is 0.312. The molecule has 0 saturated carbocycles. The Hall–Kier alpha value is -2.41. The van der Waals surface area contributed by atoms with Crippen molar-refractivity contribution in [3.05, 3.63) is 53.5 Å². The van der Waals surface area contributed by atoms with Crippen LogP contribution in [-0.4, -0.2) is 16.5 Å². The van der Waals surface area contributed by atoms with Crippen molar-refractivity contribution in [1.29, 1.82) is 5.26 Å². The summed E-state index contributed by atoms with van der Waals surface area (Å²) in [6.07, 6.45) is 3.22. The van der Waals surface area contributed by atoms with Gasteiger partial charge >= 0.3 is 0 Å². The molecule has 100 valence electrons. The number of anilines is 1. The largest absolute Gasteiger partial charge is 0.350 e. The van der Waals surface area contributed by atoms with Gasteiger partial charge in [0.1, 0.15) is 11.9 Å². The second kappa shape index (κ2) is 4.61. The molecular formula is C16H16N4. The van der Waals surface area contributed by atoms with Gasteiger partial charge in [0, 0.05) is 18.5 Å². The Balaban J connectivity index is 2.01. The van der Waals surface area contributed by atoms with Crippen LogP contribution in [0.1, 0.15) is 30.7 Å². The highest BCUT2D eigenvalue weighted by atomic mass is 15.2. The van der Waals surface area contributed by atoms with Crippen LogP contribution >= 0.6 is 0 Å². The lowest BCUT2D eigenvalue weighted by atomic mass is 9.78. The zero-order chi connectivity index (χ0) is 14.2. The molecule has 2 heterocycles. The standard InChI is InChI=1S/C16H16N4/c1-16(2)11-20(10-12-5-3-4-6-14(12)16)15-9-18-8-13(7-17)19-15/h3-6,8-9H,10-11H2,1-2H3. The summed E-state index contributed by atoms with van der Waals surface area (Å²) in [5, 5.41) is 8.95. The highest BCUT2D eigenvalue weighted by Gasteiger charge is 2.32. The maximum atomic E-state index is 8.95. The van der Waals surface area contributed by atoms with E-state index in [0.717, 1.165) is 18.9 Å². The van der Waals surface area contributed by atoms with Gasteiger partial charge in [-0.05, 0) is 11.1 Å². The number of nitrogens with zero attached hydrogens (tertiary/aromatic N) is 4. The predicted octanol–water partition coefficient (Wildman–Crippen LogP) is 2.65. The summed E-state index contributed by atoms with van der Waals surface area (Å²) in [5.41, 5.74) is 3.12. The SMILES string of the molecule is CC1(C)CN(c2cncc(C#N)n2)Cc2ccccc21. The van der Waals surface area contributed by atoms with Crippen LogP contribution in [0.4, 0.5) is 5.82 Å². The summed E-state index contributed by atoms with van der Waals surface area (Å²) in [7, 11) is 0. The molecule has 4 nitrogen and oxygen atoms in total. The van der Waals surface area contributed by atoms with Crippen molar-refractivity contribution in [3.8, 4) is 6.07 Å². The summed E-state index contributed by atoms with van der Waals surface area (Å²) < 4.78 is 0. The van der Waals surface area contributed by atoms with Crippen molar-refractivity contribution in [2.24, 2.45) is 0 Å². The maximum absolute atomic E-state index is 8.95. The molecule has 0 atom stereocenters. The third-order valence-electron chi connectivity index (χ3n) is 3.75. The first-order chi connectivity index (χ1) is 9.60. The Morgan fingerprint density at radius 2 is 2.05 bits per heavy atom. The van der Waals surface area contributed by atoms with Crippen LogP contribution in [0.15, 0.2) is 36.7 Å². The number of benzene rings is 1. The van der Waals surface area contributed by atoms with E-state index < -0.39 is 0 Å². The van der Waals surface area contributed by atoms with Crippen molar-refractivity contribution in [2.75, 3.05) is 11.4 Å². The zero-order valence-electron chi connectivity index (χ0n) is 11.7. The predicted molar refractivity (Wildman–Crippen MR) is 77.3 cm³/mol. The molecular weight excluding hydrogens is 248 g/mol. The molecule has 0 fully saturated rings. The van der Waals surface area contributed by atoms with Gasteiger partial charge in [-0.15, -0.1) is 0 Å². The van der Waals surface area contributed by atoms with E-state index in [4.69, 9.17) is 5.26 Å². The van der Waals surface area contributed by atoms with Crippen molar-refractivity contribution >= 4 is 5.82 Å². The molecule has 0 bridgehead atoms. The highest BCUT2D eigenvalue weighted by Crippen LogP contribution is 2.34. The molecule has 0 N–H and O–H groups in total. The molecule has 0 unspecified atom stereocenters. The zero-order valence-corrected chi connectivity index (χ0v) is 11.7. The number of fused-ring (bicyclic) bond motifs is 1. The number of hydrogen-bond acceptors (Lipinski definition) is 4. The molecule has 0 radical (unpaired) electrons. The average Bonchev–Trinajstić information content (AvgIpc) is 2.46. The summed E-state index contributed by atoms with van der Waals surface area (Å²) in [6, 6.07) is 10.6. The third kappa shape index (κ3) is 2.12. The van der Waals surface area contributed by atoms with Crippen LogP contribution in [0.3, 0.4) is 0 Å². The summed E-state index contributed by atoms with van der Waals surface area (Å²) in [4.78, 5) is 10.7. The Kier molecular flexibility index (Phi) is 2.90. The minimum Gasteiger partial charge on any atom is -0.350 e. The fourth-order valence-electron chi connectivity index (χ4n) is 2.87. The Bertz CT molecular complexity index is 685. The van der Waals surface area contributed by atoms with Crippen LogP contribution in [0.2, 0.25) is 0 Å². The topological polar surface area (TPSA) is 52.8 Å². The van der Waals surface area contributed by atoms with Gasteiger partial charge in [-0.2, -0.15) is 5.26 Å². The van der Waals surface area contributed by atoms with Crippen LogP contribution in [0.25, 0.3) is 0 Å². The normalized spacial score (nSPS) is 16.4. The van der Waals surface area contributed by atoms with E-state index in [1.807, 2.05) is 6.07 Å². The van der Waals surface area contributed by atoms with Crippen molar-refractivity contribution < 1.29 is 0 Å². The minimum absolute atomic E-state index is 0.0547. The number of aromatic nitrogens is 2. The van der Waals surface area contributed by atoms with Gasteiger partial charge in [0.05, 0.1) is 12.4 Å². The molecule has 0 amide bonds.